The van der Waals surface area contributed by atoms with Crippen molar-refractivity contribution in [2.75, 3.05) is 34.5 Å². The Balaban J connectivity index is 1.88. The molecule has 7 heteroatoms. The Morgan fingerprint density at radius 3 is 2.45 bits per heavy atom. The number of amides is 1. The number of carbonyl (C=O) groups excluding carboxylic acids is 2. The average Bonchev–Trinajstić information content (AvgIpc) is 3.07. The van der Waals surface area contributed by atoms with Gasteiger partial charge in [-0.25, -0.2) is 4.79 Å². The summed E-state index contributed by atoms with van der Waals surface area (Å²) >= 11 is 0. The molecular formula is C26H29NO6. The Bertz CT molecular complexity index is 1060. The second-order valence-corrected chi connectivity index (χ2v) is 7.50. The Morgan fingerprint density at radius 1 is 1.03 bits per heavy atom. The monoisotopic (exact) mass is 451 g/mol. The lowest BCUT2D eigenvalue weighted by Crippen LogP contribution is -2.26. The summed E-state index contributed by atoms with van der Waals surface area (Å²) in [5, 5.41) is 0. The third kappa shape index (κ3) is 5.62. The van der Waals surface area contributed by atoms with Gasteiger partial charge in [0.1, 0.15) is 6.61 Å². The van der Waals surface area contributed by atoms with Crippen molar-refractivity contribution in [1.29, 1.82) is 0 Å². The molecule has 0 N–H and O–H groups in total. The molecule has 1 aliphatic rings. The van der Waals surface area contributed by atoms with E-state index < -0.39 is 5.97 Å². The van der Waals surface area contributed by atoms with Crippen molar-refractivity contribution in [2.45, 2.75) is 20.0 Å². The number of hydrogen-bond acceptors (Lipinski definition) is 6. The van der Waals surface area contributed by atoms with E-state index >= 15 is 0 Å². The fourth-order valence-electron chi connectivity index (χ4n) is 3.66. The van der Waals surface area contributed by atoms with Gasteiger partial charge in [0.05, 0.1) is 25.4 Å². The van der Waals surface area contributed by atoms with Crippen molar-refractivity contribution in [1.82, 2.24) is 4.90 Å². The summed E-state index contributed by atoms with van der Waals surface area (Å²) in [5.74, 6) is 0.328. The molecule has 1 heterocycles. The van der Waals surface area contributed by atoms with Crippen LogP contribution in [0.1, 0.15) is 24.5 Å². The summed E-state index contributed by atoms with van der Waals surface area (Å²) in [7, 11) is 4.48. The van der Waals surface area contributed by atoms with Gasteiger partial charge in [0.2, 0.25) is 0 Å². The van der Waals surface area contributed by atoms with Crippen LogP contribution in [0.3, 0.4) is 0 Å². The first kappa shape index (κ1) is 24.1. The summed E-state index contributed by atoms with van der Waals surface area (Å²) in [5.41, 5.74) is 2.87. The molecule has 0 radical (unpaired) electrons. The maximum Gasteiger partial charge on any atom is 0.340 e. The Kier molecular flexibility index (Phi) is 8.27. The lowest BCUT2D eigenvalue weighted by atomic mass is 10.0. The molecule has 0 unspecified atom stereocenters. The highest BCUT2D eigenvalue weighted by molar-refractivity contribution is 6.16. The van der Waals surface area contributed by atoms with Crippen LogP contribution in [0, 0.1) is 0 Å². The number of methoxy groups -OCH3 is 3. The fourth-order valence-corrected chi connectivity index (χ4v) is 3.66. The van der Waals surface area contributed by atoms with Crippen LogP contribution >= 0.6 is 0 Å². The maximum absolute atomic E-state index is 13.1. The van der Waals surface area contributed by atoms with E-state index in [2.05, 4.69) is 0 Å². The SMILES string of the molecule is COCCCN1C(=O)/C(=C\c2ccc(OCc3ccccc3)c(OC)c2)C(C(=O)OC)=C1C. The normalized spacial score (nSPS) is 14.7. The number of esters is 1. The van der Waals surface area contributed by atoms with Crippen LogP contribution < -0.4 is 9.47 Å². The standard InChI is InChI=1S/C26H29NO6/c1-18-24(26(29)32-4)21(25(28)27(18)13-8-14-30-2)15-20-11-12-22(23(16-20)31-3)33-17-19-9-6-5-7-10-19/h5-7,9-12,15-16H,8,13-14,17H2,1-4H3/b21-15-. The van der Waals surface area contributed by atoms with Gasteiger partial charge in [-0.15, -0.1) is 0 Å². The van der Waals surface area contributed by atoms with Crippen molar-refractivity contribution in [3.8, 4) is 11.5 Å². The van der Waals surface area contributed by atoms with E-state index in [4.69, 9.17) is 18.9 Å². The fraction of sp³-hybridized carbons (Fsp3) is 0.308. The Hall–Kier alpha value is -3.58. The van der Waals surface area contributed by atoms with Crippen LogP contribution in [0.25, 0.3) is 6.08 Å². The summed E-state index contributed by atoms with van der Waals surface area (Å²) < 4.78 is 21.4. The first-order chi connectivity index (χ1) is 16.0. The third-order valence-electron chi connectivity index (χ3n) is 5.37. The van der Waals surface area contributed by atoms with E-state index in [0.717, 1.165) is 5.56 Å². The number of hydrogen-bond donors (Lipinski definition) is 0. The van der Waals surface area contributed by atoms with Crippen molar-refractivity contribution in [2.24, 2.45) is 0 Å². The van der Waals surface area contributed by atoms with E-state index in [1.807, 2.05) is 36.4 Å². The summed E-state index contributed by atoms with van der Waals surface area (Å²) in [4.78, 5) is 27.2. The molecule has 1 amide bonds. The number of ether oxygens (including phenoxy) is 4. The van der Waals surface area contributed by atoms with E-state index in [-0.39, 0.29) is 17.1 Å². The van der Waals surface area contributed by atoms with E-state index in [0.29, 0.717) is 48.9 Å². The number of rotatable bonds is 10. The molecule has 0 saturated carbocycles. The zero-order valence-corrected chi connectivity index (χ0v) is 19.4. The highest BCUT2D eigenvalue weighted by Crippen LogP contribution is 2.34. The minimum absolute atomic E-state index is 0.243. The van der Waals surface area contributed by atoms with E-state index in [1.165, 1.54) is 7.11 Å². The van der Waals surface area contributed by atoms with Crippen molar-refractivity contribution < 1.29 is 28.5 Å². The predicted molar refractivity (Wildman–Crippen MR) is 125 cm³/mol. The smallest absolute Gasteiger partial charge is 0.340 e. The molecule has 7 nitrogen and oxygen atoms in total. The van der Waals surface area contributed by atoms with Crippen LogP contribution in [0.15, 0.2) is 65.4 Å². The van der Waals surface area contributed by atoms with Crippen LogP contribution in [-0.4, -0.2) is 51.3 Å². The van der Waals surface area contributed by atoms with Gasteiger partial charge in [-0.3, -0.25) is 4.79 Å². The Labute approximate surface area is 194 Å². The van der Waals surface area contributed by atoms with Gasteiger partial charge in [0.25, 0.3) is 5.91 Å². The molecular weight excluding hydrogens is 422 g/mol. The van der Waals surface area contributed by atoms with Gasteiger partial charge in [-0.05, 0) is 42.7 Å². The quantitative estimate of drug-likeness (QED) is 0.309. The summed E-state index contributed by atoms with van der Waals surface area (Å²) in [6, 6.07) is 15.2. The molecule has 1 aliphatic heterocycles. The third-order valence-corrected chi connectivity index (χ3v) is 5.37. The van der Waals surface area contributed by atoms with Gasteiger partial charge >= 0.3 is 5.97 Å². The molecule has 3 rings (SSSR count). The lowest BCUT2D eigenvalue weighted by molar-refractivity contribution is -0.136. The molecule has 174 valence electrons. The van der Waals surface area contributed by atoms with Crippen LogP contribution in [0.4, 0.5) is 0 Å². The molecule has 2 aromatic carbocycles. The highest BCUT2D eigenvalue weighted by atomic mass is 16.5. The number of nitrogens with zero attached hydrogens (tertiary/aromatic N) is 1. The molecule has 0 bridgehead atoms. The molecule has 2 aromatic rings. The molecule has 33 heavy (non-hydrogen) atoms. The molecule has 0 fully saturated rings. The van der Waals surface area contributed by atoms with Crippen molar-refractivity contribution in [3.63, 3.8) is 0 Å². The molecule has 0 aliphatic carbocycles. The largest absolute Gasteiger partial charge is 0.493 e. The lowest BCUT2D eigenvalue weighted by Gasteiger charge is -2.17. The van der Waals surface area contributed by atoms with Gasteiger partial charge < -0.3 is 23.8 Å². The minimum atomic E-state index is -0.545. The van der Waals surface area contributed by atoms with Crippen LogP contribution in [-0.2, 0) is 25.7 Å². The topological polar surface area (TPSA) is 74.3 Å². The zero-order chi connectivity index (χ0) is 23.8. The number of allylic oxidation sites excluding steroid dienone is 1. The molecule has 0 aromatic heterocycles. The average molecular weight is 452 g/mol. The summed E-state index contributed by atoms with van der Waals surface area (Å²) in [6.07, 6.45) is 2.33. The molecule has 0 saturated heterocycles. The van der Waals surface area contributed by atoms with E-state index in [1.54, 1.807) is 44.3 Å². The molecule has 0 spiro atoms. The maximum atomic E-state index is 13.1. The van der Waals surface area contributed by atoms with Gasteiger partial charge in [-0.2, -0.15) is 0 Å². The van der Waals surface area contributed by atoms with Crippen LogP contribution in [0.5, 0.6) is 11.5 Å². The predicted octanol–water partition coefficient (Wildman–Crippen LogP) is 3.98. The number of carbonyl (C=O) groups is 2. The first-order valence-electron chi connectivity index (χ1n) is 10.7. The second kappa shape index (κ2) is 11.3. The second-order valence-electron chi connectivity index (χ2n) is 7.50. The molecule has 0 atom stereocenters. The first-order valence-corrected chi connectivity index (χ1v) is 10.7. The zero-order valence-electron chi connectivity index (χ0n) is 19.4. The summed E-state index contributed by atoms with van der Waals surface area (Å²) in [6.45, 7) is 3.12. The Morgan fingerprint density at radius 2 is 1.79 bits per heavy atom. The van der Waals surface area contributed by atoms with Crippen molar-refractivity contribution >= 4 is 18.0 Å². The number of benzene rings is 2. The highest BCUT2D eigenvalue weighted by Gasteiger charge is 2.36. The van der Waals surface area contributed by atoms with Gasteiger partial charge in [-0.1, -0.05) is 36.4 Å². The van der Waals surface area contributed by atoms with Crippen molar-refractivity contribution in [3.05, 3.63) is 76.5 Å². The van der Waals surface area contributed by atoms with Gasteiger partial charge in [0.15, 0.2) is 11.5 Å². The van der Waals surface area contributed by atoms with E-state index in [9.17, 15) is 9.59 Å². The van der Waals surface area contributed by atoms with Gasteiger partial charge in [0, 0.05) is 26.0 Å². The minimum Gasteiger partial charge on any atom is -0.493 e. The van der Waals surface area contributed by atoms with Crippen LogP contribution in [0.2, 0.25) is 0 Å².